The van der Waals surface area contributed by atoms with Crippen LogP contribution in [0.3, 0.4) is 0 Å². The molecule has 78 valence electrons. The van der Waals surface area contributed by atoms with Gasteiger partial charge in [-0.15, -0.1) is 0 Å². The molecule has 0 radical (unpaired) electrons. The van der Waals surface area contributed by atoms with Crippen LogP contribution in [0.4, 0.5) is 5.69 Å². The Morgan fingerprint density at radius 3 is 2.60 bits per heavy atom. The smallest absolute Gasteiger partial charge is 0.0443 e. The van der Waals surface area contributed by atoms with Crippen LogP contribution in [-0.2, 0) is 0 Å². The maximum Gasteiger partial charge on any atom is 0.0443 e. The standard InChI is InChI=1S/C13H15NS/c1-14(9-10-15)13-8-4-6-11-5-2-3-7-12(11)13/h2-8,15H,9-10H2,1H3. The van der Waals surface area contributed by atoms with Crippen LogP contribution in [0.25, 0.3) is 10.8 Å². The molecule has 0 aliphatic rings. The molecular weight excluding hydrogens is 202 g/mol. The van der Waals surface area contributed by atoms with Gasteiger partial charge in [-0.25, -0.2) is 0 Å². The van der Waals surface area contributed by atoms with E-state index in [9.17, 15) is 0 Å². The fraction of sp³-hybridized carbons (Fsp3) is 0.231. The summed E-state index contributed by atoms with van der Waals surface area (Å²) in [6, 6.07) is 14.9. The molecular formula is C13H15NS. The Balaban J connectivity index is 2.50. The zero-order chi connectivity index (χ0) is 10.7. The molecule has 0 aliphatic heterocycles. The van der Waals surface area contributed by atoms with E-state index in [0.717, 1.165) is 12.3 Å². The van der Waals surface area contributed by atoms with Gasteiger partial charge in [-0.1, -0.05) is 36.4 Å². The minimum absolute atomic E-state index is 0.875. The number of anilines is 1. The van der Waals surface area contributed by atoms with Crippen LogP contribution in [-0.4, -0.2) is 19.3 Å². The maximum absolute atomic E-state index is 4.26. The van der Waals surface area contributed by atoms with E-state index in [0.29, 0.717) is 0 Å². The highest BCUT2D eigenvalue weighted by Crippen LogP contribution is 2.25. The van der Waals surface area contributed by atoms with Crippen LogP contribution in [0.5, 0.6) is 0 Å². The number of nitrogens with zero attached hydrogens (tertiary/aromatic N) is 1. The van der Waals surface area contributed by atoms with E-state index in [1.54, 1.807) is 0 Å². The van der Waals surface area contributed by atoms with Crippen LogP contribution in [0.1, 0.15) is 0 Å². The molecule has 2 rings (SSSR count). The monoisotopic (exact) mass is 217 g/mol. The molecule has 2 heteroatoms. The van der Waals surface area contributed by atoms with E-state index in [4.69, 9.17) is 0 Å². The van der Waals surface area contributed by atoms with E-state index in [2.05, 4.69) is 67.0 Å². The SMILES string of the molecule is CN(CCS)c1cccc2ccccc12. The van der Waals surface area contributed by atoms with Crippen LogP contribution in [0.2, 0.25) is 0 Å². The molecule has 0 bridgehead atoms. The van der Waals surface area contributed by atoms with Crippen molar-refractivity contribution in [3.05, 3.63) is 42.5 Å². The predicted molar refractivity (Wildman–Crippen MR) is 71.1 cm³/mol. The molecule has 2 aromatic rings. The van der Waals surface area contributed by atoms with Gasteiger partial charge in [0.25, 0.3) is 0 Å². The average molecular weight is 217 g/mol. The van der Waals surface area contributed by atoms with Gasteiger partial charge in [-0.2, -0.15) is 12.6 Å². The van der Waals surface area contributed by atoms with Gasteiger partial charge in [-0.05, 0) is 11.5 Å². The molecule has 0 saturated carbocycles. The summed E-state index contributed by atoms with van der Waals surface area (Å²) in [6.45, 7) is 0.969. The maximum atomic E-state index is 4.26. The largest absolute Gasteiger partial charge is 0.373 e. The first kappa shape index (κ1) is 10.4. The van der Waals surface area contributed by atoms with Gasteiger partial charge in [0.1, 0.15) is 0 Å². The molecule has 1 nitrogen and oxygen atoms in total. The lowest BCUT2D eigenvalue weighted by Crippen LogP contribution is -2.19. The molecule has 0 amide bonds. The molecule has 0 aromatic heterocycles. The molecule has 0 aliphatic carbocycles. The Hall–Kier alpha value is -1.15. The molecule has 0 fully saturated rings. The van der Waals surface area contributed by atoms with Crippen LogP contribution >= 0.6 is 12.6 Å². The highest BCUT2D eigenvalue weighted by atomic mass is 32.1. The highest BCUT2D eigenvalue weighted by molar-refractivity contribution is 7.80. The third kappa shape index (κ3) is 2.10. The first-order valence-electron chi connectivity index (χ1n) is 5.12. The van der Waals surface area contributed by atoms with E-state index in [1.807, 2.05) is 0 Å². The normalized spacial score (nSPS) is 10.5. The van der Waals surface area contributed by atoms with Crippen LogP contribution in [0, 0.1) is 0 Å². The summed E-state index contributed by atoms with van der Waals surface area (Å²) in [5, 5.41) is 2.60. The van der Waals surface area contributed by atoms with Gasteiger partial charge >= 0.3 is 0 Å². The van der Waals surface area contributed by atoms with Crippen molar-refractivity contribution in [3.63, 3.8) is 0 Å². The van der Waals surface area contributed by atoms with Crippen molar-refractivity contribution in [1.29, 1.82) is 0 Å². The Morgan fingerprint density at radius 2 is 1.80 bits per heavy atom. The van der Waals surface area contributed by atoms with Gasteiger partial charge in [0.2, 0.25) is 0 Å². The number of hydrogen-bond donors (Lipinski definition) is 1. The third-order valence-corrected chi connectivity index (χ3v) is 2.81. The topological polar surface area (TPSA) is 3.24 Å². The predicted octanol–water partition coefficient (Wildman–Crippen LogP) is 3.21. The highest BCUT2D eigenvalue weighted by Gasteiger charge is 2.03. The van der Waals surface area contributed by atoms with E-state index >= 15 is 0 Å². The van der Waals surface area contributed by atoms with Gasteiger partial charge < -0.3 is 4.90 Å². The van der Waals surface area contributed by atoms with Gasteiger partial charge in [0, 0.05) is 30.4 Å². The molecule has 0 saturated heterocycles. The lowest BCUT2D eigenvalue weighted by Gasteiger charge is -2.20. The van der Waals surface area contributed by atoms with Gasteiger partial charge in [-0.3, -0.25) is 0 Å². The summed E-state index contributed by atoms with van der Waals surface area (Å²) in [5.74, 6) is 0.875. The first-order chi connectivity index (χ1) is 7.33. The summed E-state index contributed by atoms with van der Waals surface area (Å²) >= 11 is 4.26. The molecule has 0 spiro atoms. The van der Waals surface area contributed by atoms with Crippen molar-refractivity contribution < 1.29 is 0 Å². The summed E-state index contributed by atoms with van der Waals surface area (Å²) < 4.78 is 0. The summed E-state index contributed by atoms with van der Waals surface area (Å²) in [7, 11) is 2.11. The Bertz CT molecular complexity index is 448. The molecule has 0 atom stereocenters. The number of thiol groups is 1. The average Bonchev–Trinajstić information content (AvgIpc) is 2.28. The summed E-state index contributed by atoms with van der Waals surface area (Å²) in [6.07, 6.45) is 0. The van der Waals surface area contributed by atoms with Crippen molar-refractivity contribution in [1.82, 2.24) is 0 Å². The minimum Gasteiger partial charge on any atom is -0.373 e. The lowest BCUT2D eigenvalue weighted by atomic mass is 10.1. The van der Waals surface area contributed by atoms with E-state index < -0.39 is 0 Å². The molecule has 0 unspecified atom stereocenters. The van der Waals surface area contributed by atoms with Crippen molar-refractivity contribution in [3.8, 4) is 0 Å². The van der Waals surface area contributed by atoms with Crippen molar-refractivity contribution >= 4 is 29.1 Å². The zero-order valence-corrected chi connectivity index (χ0v) is 9.74. The fourth-order valence-corrected chi connectivity index (χ4v) is 2.11. The summed E-state index contributed by atoms with van der Waals surface area (Å²) in [4.78, 5) is 2.25. The van der Waals surface area contributed by atoms with Crippen LogP contribution in [0.15, 0.2) is 42.5 Å². The third-order valence-electron chi connectivity index (χ3n) is 2.61. The molecule has 15 heavy (non-hydrogen) atoms. The Kier molecular flexibility index (Phi) is 3.17. The minimum atomic E-state index is 0.875. The number of hydrogen-bond acceptors (Lipinski definition) is 2. The van der Waals surface area contributed by atoms with E-state index in [-0.39, 0.29) is 0 Å². The van der Waals surface area contributed by atoms with Crippen molar-refractivity contribution in [2.24, 2.45) is 0 Å². The van der Waals surface area contributed by atoms with Crippen molar-refractivity contribution in [2.45, 2.75) is 0 Å². The second-order valence-electron chi connectivity index (χ2n) is 3.64. The number of rotatable bonds is 3. The van der Waals surface area contributed by atoms with E-state index in [1.165, 1.54) is 16.5 Å². The summed E-state index contributed by atoms with van der Waals surface area (Å²) in [5.41, 5.74) is 1.28. The molecule has 0 heterocycles. The van der Waals surface area contributed by atoms with Crippen LogP contribution < -0.4 is 4.90 Å². The number of fused-ring (bicyclic) bond motifs is 1. The quantitative estimate of drug-likeness (QED) is 0.773. The Morgan fingerprint density at radius 1 is 1.07 bits per heavy atom. The second-order valence-corrected chi connectivity index (χ2v) is 4.09. The van der Waals surface area contributed by atoms with Gasteiger partial charge in [0.05, 0.1) is 0 Å². The molecule has 0 N–H and O–H groups in total. The molecule has 2 aromatic carbocycles. The Labute approximate surface area is 96.1 Å². The van der Waals surface area contributed by atoms with Crippen molar-refractivity contribution in [2.75, 3.05) is 24.2 Å². The second kappa shape index (κ2) is 4.58. The first-order valence-corrected chi connectivity index (χ1v) is 5.76. The fourth-order valence-electron chi connectivity index (χ4n) is 1.81. The number of benzene rings is 2. The zero-order valence-electron chi connectivity index (χ0n) is 8.85. The van der Waals surface area contributed by atoms with Gasteiger partial charge in [0.15, 0.2) is 0 Å². The lowest BCUT2D eigenvalue weighted by molar-refractivity contribution is 0.986.